The normalized spacial score (nSPS) is 12.8. The Balaban J connectivity index is 2.45. The highest BCUT2D eigenvalue weighted by molar-refractivity contribution is 7.99. The molecule has 1 unspecified atom stereocenters. The van der Waals surface area contributed by atoms with Crippen LogP contribution >= 0.6 is 11.8 Å². The molecule has 0 amide bonds. The third-order valence-electron chi connectivity index (χ3n) is 3.50. The minimum atomic E-state index is -0.122. The number of halogens is 1. The van der Waals surface area contributed by atoms with E-state index in [1.165, 1.54) is 30.4 Å². The fraction of sp³-hybridized carbons (Fsp3) is 0.667. The zero-order valence-electron chi connectivity index (χ0n) is 13.7. The first-order valence-electron chi connectivity index (χ1n) is 8.14. The molecule has 0 radical (unpaired) electrons. The van der Waals surface area contributed by atoms with Crippen LogP contribution in [-0.4, -0.2) is 24.6 Å². The van der Waals surface area contributed by atoms with E-state index in [1.54, 1.807) is 6.07 Å². The average Bonchev–Trinajstić information content (AvgIpc) is 2.43. The van der Waals surface area contributed by atoms with Crippen molar-refractivity contribution in [1.82, 2.24) is 5.32 Å². The predicted molar refractivity (Wildman–Crippen MR) is 93.5 cm³/mol. The van der Waals surface area contributed by atoms with Gasteiger partial charge in [0.1, 0.15) is 5.82 Å². The average molecular weight is 312 g/mol. The Bertz CT molecular complexity index is 381. The lowest BCUT2D eigenvalue weighted by molar-refractivity contribution is 0.421. The number of nitrogens with one attached hydrogen (secondary N) is 1. The molecular weight excluding hydrogens is 281 g/mol. The van der Waals surface area contributed by atoms with Crippen LogP contribution in [0.5, 0.6) is 0 Å². The Morgan fingerprint density at radius 1 is 1.24 bits per heavy atom. The Kier molecular flexibility index (Phi) is 9.77. The van der Waals surface area contributed by atoms with Crippen LogP contribution in [0.2, 0.25) is 0 Å². The number of thioether (sulfide) groups is 1. The zero-order valence-corrected chi connectivity index (χ0v) is 14.5. The van der Waals surface area contributed by atoms with Crippen molar-refractivity contribution in [3.05, 3.63) is 35.6 Å². The van der Waals surface area contributed by atoms with Crippen molar-refractivity contribution in [3.63, 3.8) is 0 Å². The molecule has 1 aromatic rings. The van der Waals surface area contributed by atoms with E-state index in [1.807, 2.05) is 23.9 Å². The van der Waals surface area contributed by atoms with Crippen molar-refractivity contribution < 1.29 is 4.39 Å². The number of hydrogen-bond donors (Lipinski definition) is 1. The Morgan fingerprint density at radius 2 is 2.05 bits per heavy atom. The van der Waals surface area contributed by atoms with Crippen LogP contribution in [0.4, 0.5) is 4.39 Å². The summed E-state index contributed by atoms with van der Waals surface area (Å²) >= 11 is 2.01. The van der Waals surface area contributed by atoms with Gasteiger partial charge in [0, 0.05) is 0 Å². The number of benzene rings is 1. The van der Waals surface area contributed by atoms with Crippen LogP contribution in [0.15, 0.2) is 24.3 Å². The van der Waals surface area contributed by atoms with Crippen molar-refractivity contribution in [2.75, 3.05) is 24.6 Å². The van der Waals surface area contributed by atoms with Gasteiger partial charge in [0.05, 0.1) is 0 Å². The first-order valence-corrected chi connectivity index (χ1v) is 9.30. The van der Waals surface area contributed by atoms with Crippen molar-refractivity contribution in [2.45, 2.75) is 40.0 Å². The van der Waals surface area contributed by atoms with E-state index in [2.05, 4.69) is 26.1 Å². The minimum absolute atomic E-state index is 0.122. The van der Waals surface area contributed by atoms with Crippen molar-refractivity contribution in [2.24, 2.45) is 11.8 Å². The van der Waals surface area contributed by atoms with Gasteiger partial charge in [-0.3, -0.25) is 0 Å². The van der Waals surface area contributed by atoms with E-state index < -0.39 is 0 Å². The maximum absolute atomic E-state index is 13.3. The molecule has 0 aliphatic heterocycles. The van der Waals surface area contributed by atoms with Gasteiger partial charge in [0.15, 0.2) is 0 Å². The molecule has 0 bridgehead atoms. The van der Waals surface area contributed by atoms with Gasteiger partial charge in [-0.25, -0.2) is 4.39 Å². The van der Waals surface area contributed by atoms with Gasteiger partial charge in [-0.2, -0.15) is 11.8 Å². The fourth-order valence-electron chi connectivity index (χ4n) is 2.47. The molecule has 1 N–H and O–H groups in total. The van der Waals surface area contributed by atoms with Crippen LogP contribution in [0.1, 0.15) is 39.2 Å². The van der Waals surface area contributed by atoms with Gasteiger partial charge in [-0.1, -0.05) is 32.9 Å². The largest absolute Gasteiger partial charge is 0.316 e. The zero-order chi connectivity index (χ0) is 15.5. The second kappa shape index (κ2) is 11.1. The maximum Gasteiger partial charge on any atom is 0.123 e. The molecule has 1 atom stereocenters. The van der Waals surface area contributed by atoms with Gasteiger partial charge in [-0.15, -0.1) is 0 Å². The highest BCUT2D eigenvalue weighted by atomic mass is 32.2. The smallest absolute Gasteiger partial charge is 0.123 e. The standard InChI is InChI=1S/C18H30FNS/c1-4-21-10-6-8-17(14-20-13-15(2)3)11-16-7-5-9-18(19)12-16/h5,7,9,12,15,17,20H,4,6,8,10-11,13-14H2,1-3H3. The lowest BCUT2D eigenvalue weighted by Gasteiger charge is -2.19. The molecule has 1 aromatic carbocycles. The first-order chi connectivity index (χ1) is 10.1. The van der Waals surface area contributed by atoms with Crippen LogP contribution < -0.4 is 5.32 Å². The lowest BCUT2D eigenvalue weighted by atomic mass is 9.94. The Morgan fingerprint density at radius 3 is 2.71 bits per heavy atom. The van der Waals surface area contributed by atoms with Gasteiger partial charge in [0.2, 0.25) is 0 Å². The van der Waals surface area contributed by atoms with Crippen LogP contribution in [0.25, 0.3) is 0 Å². The third-order valence-corrected chi connectivity index (χ3v) is 4.49. The Hall–Kier alpha value is -0.540. The van der Waals surface area contributed by atoms with E-state index in [9.17, 15) is 4.39 Å². The van der Waals surface area contributed by atoms with E-state index in [4.69, 9.17) is 0 Å². The molecule has 3 heteroatoms. The van der Waals surface area contributed by atoms with Crippen molar-refractivity contribution >= 4 is 11.8 Å². The minimum Gasteiger partial charge on any atom is -0.316 e. The monoisotopic (exact) mass is 311 g/mol. The first kappa shape index (κ1) is 18.5. The van der Waals surface area contributed by atoms with E-state index in [0.29, 0.717) is 11.8 Å². The summed E-state index contributed by atoms with van der Waals surface area (Å²) in [5.74, 6) is 3.59. The van der Waals surface area contributed by atoms with E-state index >= 15 is 0 Å². The number of hydrogen-bond acceptors (Lipinski definition) is 2. The molecule has 0 spiro atoms. The molecular formula is C18H30FNS. The summed E-state index contributed by atoms with van der Waals surface area (Å²) in [6.45, 7) is 8.76. The maximum atomic E-state index is 13.3. The molecule has 21 heavy (non-hydrogen) atoms. The van der Waals surface area contributed by atoms with Crippen LogP contribution in [0.3, 0.4) is 0 Å². The lowest BCUT2D eigenvalue weighted by Crippen LogP contribution is -2.27. The summed E-state index contributed by atoms with van der Waals surface area (Å²) in [6, 6.07) is 7.05. The Labute approximate surface area is 134 Å². The molecule has 1 rings (SSSR count). The molecule has 1 nitrogen and oxygen atoms in total. The SMILES string of the molecule is CCSCCCC(CNCC(C)C)Cc1cccc(F)c1. The summed E-state index contributed by atoms with van der Waals surface area (Å²) < 4.78 is 13.3. The van der Waals surface area contributed by atoms with Crippen LogP contribution in [0, 0.1) is 17.7 Å². The molecule has 120 valence electrons. The van der Waals surface area contributed by atoms with Gasteiger partial charge < -0.3 is 5.32 Å². The summed E-state index contributed by atoms with van der Waals surface area (Å²) in [7, 11) is 0. The summed E-state index contributed by atoms with van der Waals surface area (Å²) in [5.41, 5.74) is 1.12. The molecule has 0 fully saturated rings. The second-order valence-electron chi connectivity index (χ2n) is 6.09. The quantitative estimate of drug-likeness (QED) is 0.591. The molecule has 0 aliphatic carbocycles. The molecule has 0 saturated carbocycles. The molecule has 0 aromatic heterocycles. The van der Waals surface area contributed by atoms with Gasteiger partial charge in [-0.05, 0) is 73.4 Å². The fourth-order valence-corrected chi connectivity index (χ4v) is 3.13. The highest BCUT2D eigenvalue weighted by Gasteiger charge is 2.10. The van der Waals surface area contributed by atoms with Gasteiger partial charge >= 0.3 is 0 Å². The van der Waals surface area contributed by atoms with Crippen molar-refractivity contribution in [1.29, 1.82) is 0 Å². The number of rotatable bonds is 11. The highest BCUT2D eigenvalue weighted by Crippen LogP contribution is 2.16. The van der Waals surface area contributed by atoms with Crippen molar-refractivity contribution in [3.8, 4) is 0 Å². The second-order valence-corrected chi connectivity index (χ2v) is 7.49. The summed E-state index contributed by atoms with van der Waals surface area (Å²) in [5, 5.41) is 3.56. The predicted octanol–water partition coefficient (Wildman–Crippen LogP) is 4.76. The molecule has 0 aliphatic rings. The topological polar surface area (TPSA) is 12.0 Å². The summed E-state index contributed by atoms with van der Waals surface area (Å²) in [4.78, 5) is 0. The van der Waals surface area contributed by atoms with E-state index in [-0.39, 0.29) is 5.82 Å². The third kappa shape index (κ3) is 9.15. The summed E-state index contributed by atoms with van der Waals surface area (Å²) in [6.07, 6.45) is 3.44. The van der Waals surface area contributed by atoms with Gasteiger partial charge in [0.25, 0.3) is 0 Å². The van der Waals surface area contributed by atoms with E-state index in [0.717, 1.165) is 25.1 Å². The molecule has 0 heterocycles. The van der Waals surface area contributed by atoms with Crippen LogP contribution in [-0.2, 0) is 6.42 Å². The molecule has 0 saturated heterocycles.